The monoisotopic (exact) mass is 505 g/mol. The number of amidine groups is 1. The third kappa shape index (κ3) is 8.75. The summed E-state index contributed by atoms with van der Waals surface area (Å²) in [5, 5.41) is 6.99. The van der Waals surface area contributed by atoms with Crippen LogP contribution in [-0.2, 0) is 4.79 Å². The van der Waals surface area contributed by atoms with Gasteiger partial charge in [0, 0.05) is 31.9 Å². The Morgan fingerprint density at radius 2 is 1.76 bits per heavy atom. The third-order valence-electron chi connectivity index (χ3n) is 5.67. The number of hydrogen-bond donors (Lipinski definition) is 4. The molecule has 2 aromatic carbocycles. The predicted octanol–water partition coefficient (Wildman–Crippen LogP) is 4.92. The Kier molecular flexibility index (Phi) is 11.8. The lowest BCUT2D eigenvalue weighted by Gasteiger charge is -2.31. The van der Waals surface area contributed by atoms with Crippen LogP contribution in [-0.4, -0.2) is 38.1 Å². The maximum atomic E-state index is 13.2. The third-order valence-corrected chi connectivity index (χ3v) is 5.67. The van der Waals surface area contributed by atoms with Gasteiger partial charge in [-0.3, -0.25) is 9.79 Å². The molecule has 6 N–H and O–H groups in total. The van der Waals surface area contributed by atoms with Crippen molar-refractivity contribution in [3.63, 3.8) is 0 Å². The number of nitrogens with zero attached hydrogens (tertiary/aromatic N) is 3. The van der Waals surface area contributed by atoms with Crippen molar-refractivity contribution < 1.29 is 4.79 Å². The molecule has 2 aromatic rings. The quantitative estimate of drug-likeness (QED) is 0.141. The van der Waals surface area contributed by atoms with Gasteiger partial charge in [0.25, 0.3) is 0 Å². The normalized spacial score (nSPS) is 12.5. The average Bonchev–Trinajstić information content (AvgIpc) is 2.84. The van der Waals surface area contributed by atoms with Gasteiger partial charge >= 0.3 is 0 Å². The number of rotatable bonds is 12. The Bertz CT molecular complexity index is 1110. The molecule has 37 heavy (non-hydrogen) atoms. The van der Waals surface area contributed by atoms with Crippen molar-refractivity contribution in [3.05, 3.63) is 59.7 Å². The van der Waals surface area contributed by atoms with Crippen molar-refractivity contribution in [1.82, 2.24) is 5.43 Å². The Hall–Kier alpha value is -3.65. The van der Waals surface area contributed by atoms with Crippen LogP contribution in [0.15, 0.2) is 64.2 Å². The first-order valence-corrected chi connectivity index (χ1v) is 12.9. The van der Waals surface area contributed by atoms with Crippen LogP contribution in [0.4, 0.5) is 11.4 Å². The van der Waals surface area contributed by atoms with Crippen molar-refractivity contribution in [2.45, 2.75) is 47.5 Å². The van der Waals surface area contributed by atoms with Gasteiger partial charge in [-0.1, -0.05) is 71.0 Å². The highest BCUT2D eigenvalue weighted by Crippen LogP contribution is 2.34. The molecule has 0 saturated carbocycles. The van der Waals surface area contributed by atoms with E-state index in [0.717, 1.165) is 53.1 Å². The van der Waals surface area contributed by atoms with Crippen molar-refractivity contribution in [2.24, 2.45) is 33.6 Å². The minimum Gasteiger partial charge on any atom is -0.369 e. The van der Waals surface area contributed by atoms with Gasteiger partial charge in [-0.25, -0.2) is 5.84 Å². The molecular formula is C29H43N7O. The number of carbonyl (C=O) groups excluding carboxylic acids is 1. The van der Waals surface area contributed by atoms with Crippen LogP contribution in [0.2, 0.25) is 0 Å². The predicted molar refractivity (Wildman–Crippen MR) is 158 cm³/mol. The molecule has 0 radical (unpaired) electrons. The van der Waals surface area contributed by atoms with E-state index in [1.54, 1.807) is 13.3 Å². The number of carbonyl (C=O) groups is 1. The Morgan fingerprint density at radius 3 is 2.32 bits per heavy atom. The van der Waals surface area contributed by atoms with Gasteiger partial charge in [0.05, 0.1) is 17.8 Å². The summed E-state index contributed by atoms with van der Waals surface area (Å²) in [6.45, 7) is 12.6. The van der Waals surface area contributed by atoms with Gasteiger partial charge in [-0.05, 0) is 47.1 Å². The van der Waals surface area contributed by atoms with Crippen LogP contribution in [0.1, 0.15) is 53.0 Å². The molecule has 0 saturated heterocycles. The van der Waals surface area contributed by atoms with E-state index in [2.05, 4.69) is 65.6 Å². The highest BCUT2D eigenvalue weighted by molar-refractivity contribution is 6.05. The maximum absolute atomic E-state index is 13.2. The van der Waals surface area contributed by atoms with Crippen molar-refractivity contribution >= 4 is 29.3 Å². The molecule has 0 bridgehead atoms. The van der Waals surface area contributed by atoms with E-state index in [1.807, 2.05) is 43.3 Å². The first-order chi connectivity index (χ1) is 17.7. The molecule has 0 aliphatic heterocycles. The van der Waals surface area contributed by atoms with Crippen LogP contribution < -0.4 is 27.3 Å². The Morgan fingerprint density at radius 1 is 1.08 bits per heavy atom. The van der Waals surface area contributed by atoms with Gasteiger partial charge in [0.15, 0.2) is 5.84 Å². The fraction of sp³-hybridized carbons (Fsp3) is 0.414. The number of nitrogens with one attached hydrogen (secondary N) is 2. The summed E-state index contributed by atoms with van der Waals surface area (Å²) >= 11 is 0. The molecule has 200 valence electrons. The summed E-state index contributed by atoms with van der Waals surface area (Å²) in [6.07, 6.45) is 4.86. The van der Waals surface area contributed by atoms with Crippen molar-refractivity contribution in [3.8, 4) is 11.1 Å². The smallest absolute Gasteiger partial charge is 0.228 e. The number of anilines is 2. The van der Waals surface area contributed by atoms with Crippen LogP contribution in [0.3, 0.4) is 0 Å². The summed E-state index contributed by atoms with van der Waals surface area (Å²) in [4.78, 5) is 19.7. The van der Waals surface area contributed by atoms with Crippen molar-refractivity contribution in [1.29, 1.82) is 0 Å². The number of hydrogen-bond acceptors (Lipinski definition) is 6. The number of benzene rings is 2. The molecule has 0 unspecified atom stereocenters. The van der Waals surface area contributed by atoms with Crippen LogP contribution >= 0.6 is 0 Å². The molecule has 0 spiro atoms. The number of allylic oxidation sites excluding steroid dienone is 1. The number of hydrazone groups is 1. The second-order valence-electron chi connectivity index (χ2n) is 9.89. The van der Waals surface area contributed by atoms with E-state index >= 15 is 0 Å². The lowest BCUT2D eigenvalue weighted by Crippen LogP contribution is -2.32. The molecule has 1 amide bonds. The molecule has 0 heterocycles. The second-order valence-corrected chi connectivity index (χ2v) is 9.89. The SMILES string of the molecule is CC/C=C(\C=NC)CC(=O)Nc1cc(-c2ccccc2/C(=N/N)NN)ccc1N(CC(C)C)CC(C)C. The molecule has 0 fully saturated rings. The standard InChI is InChI=1S/C29H43N7O/c1-7-10-22(17-32-6)15-28(37)33-26-16-23(24-11-8-9-12-25(24)29(34-30)35-31)13-14-27(26)36(18-20(2)3)19-21(4)5/h8-14,16-17,20-21H,7,15,18-19,30-31H2,1-6H3,(H,33,37)(H,34,35)/b22-10-,32-17?. The molecule has 8 nitrogen and oxygen atoms in total. The minimum absolute atomic E-state index is 0.0897. The summed E-state index contributed by atoms with van der Waals surface area (Å²) in [6, 6.07) is 13.9. The highest BCUT2D eigenvalue weighted by Gasteiger charge is 2.19. The van der Waals surface area contributed by atoms with Crippen LogP contribution in [0.5, 0.6) is 0 Å². The van der Waals surface area contributed by atoms with Gasteiger partial charge in [0.1, 0.15) is 0 Å². The maximum Gasteiger partial charge on any atom is 0.228 e. The molecule has 0 aliphatic carbocycles. The second kappa shape index (κ2) is 14.8. The first-order valence-electron chi connectivity index (χ1n) is 12.9. The van der Waals surface area contributed by atoms with Crippen LogP contribution in [0.25, 0.3) is 11.1 Å². The largest absolute Gasteiger partial charge is 0.369 e. The zero-order valence-electron chi connectivity index (χ0n) is 23.1. The van der Waals surface area contributed by atoms with Gasteiger partial charge in [-0.2, -0.15) is 5.10 Å². The average molecular weight is 506 g/mol. The summed E-state index contributed by atoms with van der Waals surface area (Å²) in [5.41, 5.74) is 7.80. The van der Waals surface area contributed by atoms with Gasteiger partial charge in [0.2, 0.25) is 5.91 Å². The number of hydrazine groups is 1. The Labute approximate surface area is 221 Å². The topological polar surface area (TPSA) is 121 Å². The summed E-state index contributed by atoms with van der Waals surface area (Å²) in [7, 11) is 1.71. The Balaban J connectivity index is 2.62. The van der Waals surface area contributed by atoms with E-state index in [1.165, 1.54) is 0 Å². The van der Waals surface area contributed by atoms with E-state index < -0.39 is 0 Å². The fourth-order valence-corrected chi connectivity index (χ4v) is 4.34. The van der Waals surface area contributed by atoms with Gasteiger partial charge in [-0.15, -0.1) is 0 Å². The van der Waals surface area contributed by atoms with E-state index in [-0.39, 0.29) is 12.3 Å². The molecule has 0 aromatic heterocycles. The summed E-state index contributed by atoms with van der Waals surface area (Å²) in [5.74, 6) is 12.5. The zero-order valence-corrected chi connectivity index (χ0v) is 23.1. The van der Waals surface area contributed by atoms with Crippen molar-refractivity contribution in [2.75, 3.05) is 30.4 Å². The van der Waals surface area contributed by atoms with Crippen LogP contribution in [0, 0.1) is 11.8 Å². The highest BCUT2D eigenvalue weighted by atomic mass is 16.1. The number of amides is 1. The van der Waals surface area contributed by atoms with E-state index in [4.69, 9.17) is 11.7 Å². The number of aliphatic imine (C=N–C) groups is 1. The lowest BCUT2D eigenvalue weighted by atomic mass is 9.97. The molecule has 8 heteroatoms. The minimum atomic E-state index is -0.0897. The van der Waals surface area contributed by atoms with E-state index in [9.17, 15) is 4.79 Å². The first kappa shape index (κ1) is 29.6. The molecule has 0 aliphatic rings. The van der Waals surface area contributed by atoms with E-state index in [0.29, 0.717) is 17.7 Å². The number of nitrogens with two attached hydrogens (primary N) is 2. The summed E-state index contributed by atoms with van der Waals surface area (Å²) < 4.78 is 0. The van der Waals surface area contributed by atoms with Gasteiger partial charge < -0.3 is 21.5 Å². The zero-order chi connectivity index (χ0) is 27.4. The lowest BCUT2D eigenvalue weighted by molar-refractivity contribution is -0.115. The molecular weight excluding hydrogens is 462 g/mol. The molecule has 2 rings (SSSR count). The molecule has 0 atom stereocenters. The fourth-order valence-electron chi connectivity index (χ4n) is 4.34.